The van der Waals surface area contributed by atoms with Crippen LogP contribution < -0.4 is 0 Å². The van der Waals surface area contributed by atoms with Crippen molar-refractivity contribution in [3.8, 4) is 0 Å². The van der Waals surface area contributed by atoms with E-state index in [-0.39, 0.29) is 20.6 Å². The van der Waals surface area contributed by atoms with Crippen LogP contribution in [0.15, 0.2) is 53.0 Å². The maximum atomic E-state index is 13.5. The fourth-order valence-corrected chi connectivity index (χ4v) is 2.70. The van der Waals surface area contributed by atoms with Crippen molar-refractivity contribution in [2.24, 2.45) is 0 Å². The average Bonchev–Trinajstić information content (AvgIpc) is 2.37. The first kappa shape index (κ1) is 15.4. The minimum Gasteiger partial charge on any atom is -0.372 e. The molecule has 0 fully saturated rings. The van der Waals surface area contributed by atoms with Crippen LogP contribution in [0.25, 0.3) is 0 Å². The predicted octanol–water partition coefficient (Wildman–Crippen LogP) is 4.90. The van der Waals surface area contributed by atoms with Crippen LogP contribution in [0.1, 0.15) is 11.1 Å². The highest BCUT2D eigenvalue weighted by molar-refractivity contribution is 9.10. The summed E-state index contributed by atoms with van der Waals surface area (Å²) in [5.41, 5.74) is -3.74. The van der Waals surface area contributed by atoms with E-state index in [1.807, 2.05) is 0 Å². The van der Waals surface area contributed by atoms with Crippen molar-refractivity contribution in [2.45, 2.75) is 11.8 Å². The maximum absolute atomic E-state index is 13.5. The molecule has 0 bridgehead atoms. The van der Waals surface area contributed by atoms with Crippen molar-refractivity contribution in [2.75, 3.05) is 0 Å². The summed E-state index contributed by atoms with van der Waals surface area (Å²) < 4.78 is 40.6. The lowest BCUT2D eigenvalue weighted by molar-refractivity contribution is -0.248. The Hall–Kier alpha value is -1.04. The normalized spacial score (nSPS) is 14.9. The minimum absolute atomic E-state index is 0.122. The van der Waals surface area contributed by atoms with Crippen LogP contribution in [0.3, 0.4) is 0 Å². The quantitative estimate of drug-likeness (QED) is 0.802. The van der Waals surface area contributed by atoms with E-state index in [9.17, 15) is 18.3 Å². The van der Waals surface area contributed by atoms with Crippen LogP contribution in [0, 0.1) is 0 Å². The number of aliphatic hydroxyl groups is 1. The molecule has 2 rings (SSSR count). The van der Waals surface area contributed by atoms with Gasteiger partial charge in [-0.15, -0.1) is 0 Å². The molecule has 0 aliphatic rings. The first-order valence-corrected chi connectivity index (χ1v) is 6.74. The third-order valence-corrected chi connectivity index (χ3v) is 3.84. The van der Waals surface area contributed by atoms with Gasteiger partial charge in [-0.2, -0.15) is 13.2 Å². The molecule has 6 heteroatoms. The highest BCUT2D eigenvalue weighted by Gasteiger charge is 2.57. The molecular weight excluding hydrogens is 357 g/mol. The molecule has 0 aliphatic heterocycles. The number of hydrogen-bond acceptors (Lipinski definition) is 1. The van der Waals surface area contributed by atoms with E-state index in [1.165, 1.54) is 36.4 Å². The molecule has 1 atom stereocenters. The first-order chi connectivity index (χ1) is 9.26. The second kappa shape index (κ2) is 5.39. The molecule has 0 heterocycles. The largest absolute Gasteiger partial charge is 0.425 e. The van der Waals surface area contributed by atoms with Crippen molar-refractivity contribution in [1.29, 1.82) is 0 Å². The Morgan fingerprint density at radius 1 is 1.00 bits per heavy atom. The van der Waals surface area contributed by atoms with Gasteiger partial charge in [-0.3, -0.25) is 0 Å². The number of benzene rings is 2. The molecule has 2 aromatic rings. The Labute approximate surface area is 127 Å². The zero-order chi connectivity index (χ0) is 15.0. The molecule has 0 aliphatic carbocycles. The van der Waals surface area contributed by atoms with Crippen LogP contribution in [0.5, 0.6) is 0 Å². The monoisotopic (exact) mass is 364 g/mol. The van der Waals surface area contributed by atoms with Gasteiger partial charge in [-0.1, -0.05) is 57.9 Å². The highest BCUT2D eigenvalue weighted by atomic mass is 79.9. The summed E-state index contributed by atoms with van der Waals surface area (Å²) >= 11 is 8.79. The molecule has 1 N–H and O–H groups in total. The van der Waals surface area contributed by atoms with Crippen LogP contribution in [0.4, 0.5) is 13.2 Å². The van der Waals surface area contributed by atoms with E-state index >= 15 is 0 Å². The molecule has 1 unspecified atom stereocenters. The van der Waals surface area contributed by atoms with Gasteiger partial charge >= 0.3 is 6.18 Å². The summed E-state index contributed by atoms with van der Waals surface area (Å²) in [6, 6.07) is 10.8. The summed E-state index contributed by atoms with van der Waals surface area (Å²) in [4.78, 5) is 0. The summed E-state index contributed by atoms with van der Waals surface area (Å²) in [6.45, 7) is 0. The van der Waals surface area contributed by atoms with Crippen LogP contribution in [0.2, 0.25) is 5.02 Å². The molecule has 0 aromatic heterocycles. The van der Waals surface area contributed by atoms with Crippen molar-refractivity contribution >= 4 is 27.5 Å². The van der Waals surface area contributed by atoms with Crippen LogP contribution >= 0.6 is 27.5 Å². The van der Waals surface area contributed by atoms with E-state index in [4.69, 9.17) is 11.6 Å². The lowest BCUT2D eigenvalue weighted by atomic mass is 9.86. The summed E-state index contributed by atoms with van der Waals surface area (Å²) in [5.74, 6) is 0. The Balaban J connectivity index is 2.74. The second-order valence-corrected chi connectivity index (χ2v) is 5.49. The lowest BCUT2D eigenvalue weighted by Crippen LogP contribution is -2.43. The molecule has 2 aromatic carbocycles. The smallest absolute Gasteiger partial charge is 0.372 e. The van der Waals surface area contributed by atoms with E-state index < -0.39 is 11.8 Å². The van der Waals surface area contributed by atoms with Gasteiger partial charge in [-0.05, 0) is 23.8 Å². The average molecular weight is 366 g/mol. The molecule has 106 valence electrons. The van der Waals surface area contributed by atoms with Gasteiger partial charge < -0.3 is 5.11 Å². The zero-order valence-electron chi connectivity index (χ0n) is 9.96. The van der Waals surface area contributed by atoms with Gasteiger partial charge in [0.1, 0.15) is 0 Å². The van der Waals surface area contributed by atoms with Crippen LogP contribution in [-0.2, 0) is 5.60 Å². The van der Waals surface area contributed by atoms with Gasteiger partial charge in [0.2, 0.25) is 5.60 Å². The Kier molecular flexibility index (Phi) is 4.14. The van der Waals surface area contributed by atoms with E-state index in [0.29, 0.717) is 0 Å². The standard InChI is InChI=1S/C14H9BrClF3O/c15-12-7-2-1-6-11(12)13(20,14(17,18)19)9-4-3-5-10(16)8-9/h1-8,20H. The molecule has 0 radical (unpaired) electrons. The fraction of sp³-hybridized carbons (Fsp3) is 0.143. The SMILES string of the molecule is OC(c1cccc(Cl)c1)(c1ccccc1Br)C(F)(F)F. The molecule has 0 saturated carbocycles. The van der Waals surface area contributed by atoms with E-state index in [0.717, 1.165) is 6.07 Å². The zero-order valence-corrected chi connectivity index (χ0v) is 12.3. The Morgan fingerprint density at radius 3 is 2.20 bits per heavy atom. The third kappa shape index (κ3) is 2.57. The van der Waals surface area contributed by atoms with Gasteiger partial charge in [0.25, 0.3) is 0 Å². The van der Waals surface area contributed by atoms with Crippen LogP contribution in [-0.4, -0.2) is 11.3 Å². The van der Waals surface area contributed by atoms with Crippen molar-refractivity contribution in [1.82, 2.24) is 0 Å². The predicted molar refractivity (Wildman–Crippen MR) is 74.6 cm³/mol. The van der Waals surface area contributed by atoms with Gasteiger partial charge in [0, 0.05) is 15.1 Å². The van der Waals surface area contributed by atoms with Crippen molar-refractivity contribution in [3.05, 3.63) is 69.2 Å². The highest BCUT2D eigenvalue weighted by Crippen LogP contribution is 2.46. The number of hydrogen-bond donors (Lipinski definition) is 1. The summed E-state index contributed by atoms with van der Waals surface area (Å²) in [7, 11) is 0. The summed E-state index contributed by atoms with van der Waals surface area (Å²) in [5, 5.41) is 10.5. The first-order valence-electron chi connectivity index (χ1n) is 5.57. The number of halogens is 5. The molecule has 1 nitrogen and oxygen atoms in total. The van der Waals surface area contributed by atoms with Crippen molar-refractivity contribution in [3.63, 3.8) is 0 Å². The Bertz CT molecular complexity index is 630. The van der Waals surface area contributed by atoms with Gasteiger partial charge in [-0.25, -0.2) is 0 Å². The molecule has 0 spiro atoms. The second-order valence-electron chi connectivity index (χ2n) is 4.20. The van der Waals surface area contributed by atoms with E-state index in [2.05, 4.69) is 15.9 Å². The molecule has 0 amide bonds. The van der Waals surface area contributed by atoms with E-state index in [1.54, 1.807) is 6.07 Å². The number of rotatable bonds is 2. The summed E-state index contributed by atoms with van der Waals surface area (Å²) in [6.07, 6.45) is -4.89. The topological polar surface area (TPSA) is 20.2 Å². The number of alkyl halides is 3. The Morgan fingerprint density at radius 2 is 1.65 bits per heavy atom. The third-order valence-electron chi connectivity index (χ3n) is 2.92. The lowest BCUT2D eigenvalue weighted by Gasteiger charge is -2.32. The van der Waals surface area contributed by atoms with Gasteiger partial charge in [0.15, 0.2) is 0 Å². The fourth-order valence-electron chi connectivity index (χ4n) is 1.94. The molecular formula is C14H9BrClF3O. The molecule has 20 heavy (non-hydrogen) atoms. The van der Waals surface area contributed by atoms with Crippen molar-refractivity contribution < 1.29 is 18.3 Å². The van der Waals surface area contributed by atoms with Gasteiger partial charge in [0.05, 0.1) is 0 Å². The molecule has 0 saturated heterocycles. The maximum Gasteiger partial charge on any atom is 0.425 e. The minimum atomic E-state index is -4.89.